The number of pyridine rings is 1. The first-order valence-corrected chi connectivity index (χ1v) is 5.90. The Bertz CT molecular complexity index is 247. The average Bonchev–Trinajstić information content (AvgIpc) is 2.21. The van der Waals surface area contributed by atoms with Crippen LogP contribution in [-0.4, -0.2) is 23.3 Å². The fourth-order valence-electron chi connectivity index (χ4n) is 1.46. The number of nitrogens with one attached hydrogen (secondary N) is 1. The maximum absolute atomic E-state index is 4.30. The highest BCUT2D eigenvalue weighted by atomic mass is 32.2. The molecule has 0 radical (unpaired) electrons. The summed E-state index contributed by atoms with van der Waals surface area (Å²) in [6.45, 7) is 4.45. The standard InChI is InChI=1S/C11H18N2S/c1-4-10(12-3)9(2)14-11-7-5-6-8-13-11/h5-10,12H,4H2,1-3H3. The Labute approximate surface area is 90.5 Å². The van der Waals surface area contributed by atoms with Crippen LogP contribution in [0.1, 0.15) is 20.3 Å². The molecule has 1 heterocycles. The summed E-state index contributed by atoms with van der Waals surface area (Å²) in [4.78, 5) is 4.30. The van der Waals surface area contributed by atoms with E-state index in [9.17, 15) is 0 Å². The van der Waals surface area contributed by atoms with E-state index in [0.717, 1.165) is 11.4 Å². The van der Waals surface area contributed by atoms with Crippen LogP contribution >= 0.6 is 11.8 Å². The van der Waals surface area contributed by atoms with Crippen molar-refractivity contribution >= 4 is 11.8 Å². The predicted octanol–water partition coefficient (Wildman–Crippen LogP) is 2.56. The molecule has 1 aromatic heterocycles. The van der Waals surface area contributed by atoms with Gasteiger partial charge in [0, 0.05) is 17.5 Å². The van der Waals surface area contributed by atoms with Crippen LogP contribution in [-0.2, 0) is 0 Å². The van der Waals surface area contributed by atoms with Crippen LogP contribution in [0.25, 0.3) is 0 Å². The largest absolute Gasteiger partial charge is 0.316 e. The third kappa shape index (κ3) is 3.31. The van der Waals surface area contributed by atoms with Crippen molar-refractivity contribution in [2.45, 2.75) is 36.6 Å². The molecule has 0 aliphatic rings. The molecule has 0 amide bonds. The van der Waals surface area contributed by atoms with Crippen LogP contribution in [0.15, 0.2) is 29.4 Å². The fourth-order valence-corrected chi connectivity index (χ4v) is 2.61. The molecule has 1 aromatic rings. The molecule has 0 aliphatic carbocycles. The first-order chi connectivity index (χ1) is 6.77. The minimum Gasteiger partial charge on any atom is -0.316 e. The quantitative estimate of drug-likeness (QED) is 0.756. The number of nitrogens with zero attached hydrogens (tertiary/aromatic N) is 1. The Morgan fingerprint density at radius 3 is 2.79 bits per heavy atom. The van der Waals surface area contributed by atoms with Gasteiger partial charge in [0.1, 0.15) is 0 Å². The Hall–Kier alpha value is -0.540. The second-order valence-corrected chi connectivity index (χ2v) is 4.69. The Balaban J connectivity index is 2.52. The molecule has 0 fully saturated rings. The third-order valence-corrected chi connectivity index (χ3v) is 3.50. The van der Waals surface area contributed by atoms with Crippen LogP contribution in [0.2, 0.25) is 0 Å². The van der Waals surface area contributed by atoms with Gasteiger partial charge < -0.3 is 5.32 Å². The van der Waals surface area contributed by atoms with Crippen molar-refractivity contribution in [1.82, 2.24) is 10.3 Å². The molecular weight excluding hydrogens is 192 g/mol. The van der Waals surface area contributed by atoms with E-state index in [1.165, 1.54) is 0 Å². The molecule has 0 bridgehead atoms. The van der Waals surface area contributed by atoms with E-state index in [1.807, 2.05) is 37.1 Å². The lowest BCUT2D eigenvalue weighted by atomic mass is 10.2. The summed E-state index contributed by atoms with van der Waals surface area (Å²) in [6, 6.07) is 6.60. The zero-order valence-electron chi connectivity index (χ0n) is 9.03. The van der Waals surface area contributed by atoms with Gasteiger partial charge in [0.05, 0.1) is 5.03 Å². The number of hydrogen-bond donors (Lipinski definition) is 1. The molecule has 2 unspecified atom stereocenters. The average molecular weight is 210 g/mol. The second kappa shape index (κ2) is 6.04. The van der Waals surface area contributed by atoms with Gasteiger partial charge >= 0.3 is 0 Å². The molecule has 2 nitrogen and oxygen atoms in total. The van der Waals surface area contributed by atoms with Crippen molar-refractivity contribution in [3.63, 3.8) is 0 Å². The first kappa shape index (κ1) is 11.5. The first-order valence-electron chi connectivity index (χ1n) is 5.03. The summed E-state index contributed by atoms with van der Waals surface area (Å²) in [6.07, 6.45) is 2.99. The van der Waals surface area contributed by atoms with Crippen LogP contribution in [0.4, 0.5) is 0 Å². The molecule has 0 saturated carbocycles. The summed E-state index contributed by atoms with van der Waals surface area (Å²) < 4.78 is 0. The molecule has 2 atom stereocenters. The smallest absolute Gasteiger partial charge is 0.0962 e. The highest BCUT2D eigenvalue weighted by Crippen LogP contribution is 2.23. The van der Waals surface area contributed by atoms with Crippen LogP contribution < -0.4 is 5.32 Å². The number of rotatable bonds is 5. The van der Waals surface area contributed by atoms with Crippen molar-refractivity contribution in [2.24, 2.45) is 0 Å². The van der Waals surface area contributed by atoms with Gasteiger partial charge in [0.2, 0.25) is 0 Å². The molecular formula is C11H18N2S. The molecule has 0 saturated heterocycles. The molecule has 0 aliphatic heterocycles. The van der Waals surface area contributed by atoms with E-state index in [-0.39, 0.29) is 0 Å². The maximum Gasteiger partial charge on any atom is 0.0962 e. The second-order valence-electron chi connectivity index (χ2n) is 3.29. The van der Waals surface area contributed by atoms with E-state index in [2.05, 4.69) is 30.2 Å². The summed E-state index contributed by atoms with van der Waals surface area (Å²) in [5, 5.41) is 4.98. The van der Waals surface area contributed by atoms with Crippen LogP contribution in [0, 0.1) is 0 Å². The molecule has 0 spiro atoms. The lowest BCUT2D eigenvalue weighted by molar-refractivity contribution is 0.541. The van der Waals surface area contributed by atoms with E-state index in [4.69, 9.17) is 0 Å². The molecule has 78 valence electrons. The zero-order valence-corrected chi connectivity index (χ0v) is 9.84. The van der Waals surface area contributed by atoms with E-state index in [1.54, 1.807) is 0 Å². The van der Waals surface area contributed by atoms with Crippen LogP contribution in [0.5, 0.6) is 0 Å². The lowest BCUT2D eigenvalue weighted by Crippen LogP contribution is -2.33. The van der Waals surface area contributed by atoms with Gasteiger partial charge in [-0.3, -0.25) is 0 Å². The topological polar surface area (TPSA) is 24.9 Å². The van der Waals surface area contributed by atoms with E-state index >= 15 is 0 Å². The minimum atomic E-state index is 0.555. The molecule has 1 rings (SSSR count). The van der Waals surface area contributed by atoms with E-state index in [0.29, 0.717) is 11.3 Å². The van der Waals surface area contributed by atoms with Gasteiger partial charge in [-0.2, -0.15) is 0 Å². The Morgan fingerprint density at radius 1 is 1.50 bits per heavy atom. The predicted molar refractivity (Wildman–Crippen MR) is 62.7 cm³/mol. The fraction of sp³-hybridized carbons (Fsp3) is 0.545. The van der Waals surface area contributed by atoms with Crippen molar-refractivity contribution in [3.05, 3.63) is 24.4 Å². The summed E-state index contributed by atoms with van der Waals surface area (Å²) in [5.74, 6) is 0. The van der Waals surface area contributed by atoms with Gasteiger partial charge in [-0.1, -0.05) is 19.9 Å². The monoisotopic (exact) mass is 210 g/mol. The van der Waals surface area contributed by atoms with Crippen molar-refractivity contribution < 1.29 is 0 Å². The van der Waals surface area contributed by atoms with Crippen LogP contribution in [0.3, 0.4) is 0 Å². The number of thioether (sulfide) groups is 1. The zero-order chi connectivity index (χ0) is 10.4. The Morgan fingerprint density at radius 2 is 2.29 bits per heavy atom. The van der Waals surface area contributed by atoms with Crippen molar-refractivity contribution in [3.8, 4) is 0 Å². The summed E-state index contributed by atoms with van der Waals surface area (Å²) >= 11 is 1.83. The normalized spacial score (nSPS) is 15.1. The molecule has 1 N–H and O–H groups in total. The molecule has 14 heavy (non-hydrogen) atoms. The number of aromatic nitrogens is 1. The van der Waals surface area contributed by atoms with Gasteiger partial charge in [-0.05, 0) is 25.6 Å². The van der Waals surface area contributed by atoms with Gasteiger partial charge in [-0.15, -0.1) is 11.8 Å². The minimum absolute atomic E-state index is 0.555. The lowest BCUT2D eigenvalue weighted by Gasteiger charge is -2.20. The Kier molecular flexibility index (Phi) is 4.98. The summed E-state index contributed by atoms with van der Waals surface area (Å²) in [7, 11) is 2.02. The van der Waals surface area contributed by atoms with E-state index < -0.39 is 0 Å². The SMILES string of the molecule is CCC(NC)C(C)Sc1ccccn1. The highest BCUT2D eigenvalue weighted by Gasteiger charge is 2.14. The highest BCUT2D eigenvalue weighted by molar-refractivity contribution is 7.99. The van der Waals surface area contributed by atoms with Gasteiger partial charge in [0.15, 0.2) is 0 Å². The molecule has 3 heteroatoms. The van der Waals surface area contributed by atoms with Crippen molar-refractivity contribution in [2.75, 3.05) is 7.05 Å². The van der Waals surface area contributed by atoms with Crippen molar-refractivity contribution in [1.29, 1.82) is 0 Å². The van der Waals surface area contributed by atoms with Gasteiger partial charge in [-0.25, -0.2) is 4.98 Å². The number of hydrogen-bond acceptors (Lipinski definition) is 3. The summed E-state index contributed by atoms with van der Waals surface area (Å²) in [5.41, 5.74) is 0. The molecule has 0 aromatic carbocycles. The third-order valence-electron chi connectivity index (χ3n) is 2.32. The van der Waals surface area contributed by atoms with Gasteiger partial charge in [0.25, 0.3) is 0 Å². The maximum atomic E-state index is 4.30.